The Balaban J connectivity index is 2.64. The number of aromatic nitrogens is 1. The van der Waals surface area contributed by atoms with Crippen molar-refractivity contribution < 1.29 is 14.6 Å². The first-order chi connectivity index (χ1) is 7.80. The van der Waals surface area contributed by atoms with Gasteiger partial charge in [0.2, 0.25) is 0 Å². The van der Waals surface area contributed by atoms with E-state index < -0.39 is 0 Å². The van der Waals surface area contributed by atoms with Crippen LogP contribution in [0.2, 0.25) is 0 Å². The van der Waals surface area contributed by atoms with Crippen LogP contribution in [0, 0.1) is 0 Å². The summed E-state index contributed by atoms with van der Waals surface area (Å²) in [7, 11) is 1.59. The van der Waals surface area contributed by atoms with Gasteiger partial charge in [-0.25, -0.2) is 0 Å². The van der Waals surface area contributed by atoms with Crippen LogP contribution in [0.25, 0.3) is 10.9 Å². The number of aliphatic hydroxyl groups excluding tert-OH is 1. The number of rotatable bonds is 4. The second-order valence-corrected chi connectivity index (χ2v) is 3.50. The Hall–Kier alpha value is -1.81. The summed E-state index contributed by atoms with van der Waals surface area (Å²) >= 11 is 0. The molecular weight excluding hydrogens is 206 g/mol. The summed E-state index contributed by atoms with van der Waals surface area (Å²) in [4.78, 5) is 10.9. The molecule has 0 amide bonds. The molecule has 2 rings (SSSR count). The standard InChI is InChI=1S/C12H13NO3/c1-16-10-2-3-12-11(6-10)9(8-15)7-13(12)4-5-14/h2-3,6-8,14H,4-5H2,1H3. The molecule has 0 bridgehead atoms. The minimum atomic E-state index is 0.0497. The SMILES string of the molecule is COc1ccc2c(c1)c(C=O)cn2CCO. The summed E-state index contributed by atoms with van der Waals surface area (Å²) in [5.74, 6) is 0.720. The lowest BCUT2D eigenvalue weighted by Gasteiger charge is -2.03. The fraction of sp³-hybridized carbons (Fsp3) is 0.250. The Morgan fingerprint density at radius 1 is 1.50 bits per heavy atom. The average molecular weight is 219 g/mol. The molecule has 0 aliphatic rings. The highest BCUT2D eigenvalue weighted by molar-refractivity contribution is 5.98. The first kappa shape index (κ1) is 10.7. The predicted molar refractivity (Wildman–Crippen MR) is 61.0 cm³/mol. The summed E-state index contributed by atoms with van der Waals surface area (Å²) in [6.07, 6.45) is 2.56. The smallest absolute Gasteiger partial charge is 0.152 e. The molecule has 0 aliphatic carbocycles. The maximum absolute atomic E-state index is 10.9. The van der Waals surface area contributed by atoms with E-state index in [2.05, 4.69) is 0 Å². The number of carbonyl (C=O) groups excluding carboxylic acids is 1. The third-order valence-electron chi connectivity index (χ3n) is 2.59. The zero-order valence-corrected chi connectivity index (χ0v) is 9.01. The van der Waals surface area contributed by atoms with Crippen LogP contribution in [-0.2, 0) is 6.54 Å². The fourth-order valence-corrected chi connectivity index (χ4v) is 1.82. The summed E-state index contributed by atoms with van der Waals surface area (Å²) in [6.45, 7) is 0.533. The van der Waals surface area contributed by atoms with Gasteiger partial charge >= 0.3 is 0 Å². The van der Waals surface area contributed by atoms with Crippen molar-refractivity contribution in [1.82, 2.24) is 4.57 Å². The number of nitrogens with zero attached hydrogens (tertiary/aromatic N) is 1. The predicted octanol–water partition coefficient (Wildman–Crippen LogP) is 1.45. The van der Waals surface area contributed by atoms with E-state index in [1.165, 1.54) is 0 Å². The van der Waals surface area contributed by atoms with Gasteiger partial charge in [-0.3, -0.25) is 4.79 Å². The molecule has 0 fully saturated rings. The van der Waals surface area contributed by atoms with Crippen molar-refractivity contribution in [2.45, 2.75) is 6.54 Å². The van der Waals surface area contributed by atoms with Gasteiger partial charge in [-0.05, 0) is 18.2 Å². The maximum atomic E-state index is 10.9. The monoisotopic (exact) mass is 219 g/mol. The van der Waals surface area contributed by atoms with Crippen LogP contribution in [-0.4, -0.2) is 29.7 Å². The van der Waals surface area contributed by atoms with Gasteiger partial charge < -0.3 is 14.4 Å². The maximum Gasteiger partial charge on any atom is 0.152 e. The Bertz CT molecular complexity index is 516. The van der Waals surface area contributed by atoms with E-state index >= 15 is 0 Å². The third kappa shape index (κ3) is 1.67. The van der Waals surface area contributed by atoms with E-state index in [0.717, 1.165) is 22.9 Å². The van der Waals surface area contributed by atoms with Crippen molar-refractivity contribution in [3.05, 3.63) is 30.0 Å². The molecule has 1 aromatic carbocycles. The Morgan fingerprint density at radius 2 is 2.31 bits per heavy atom. The largest absolute Gasteiger partial charge is 0.497 e. The highest BCUT2D eigenvalue weighted by Crippen LogP contribution is 2.24. The van der Waals surface area contributed by atoms with E-state index in [1.807, 2.05) is 22.8 Å². The van der Waals surface area contributed by atoms with Crippen molar-refractivity contribution in [2.24, 2.45) is 0 Å². The second-order valence-electron chi connectivity index (χ2n) is 3.50. The normalized spacial score (nSPS) is 10.6. The van der Waals surface area contributed by atoms with Crippen LogP contribution in [0.3, 0.4) is 0 Å². The van der Waals surface area contributed by atoms with Crippen LogP contribution in [0.15, 0.2) is 24.4 Å². The highest BCUT2D eigenvalue weighted by atomic mass is 16.5. The van der Waals surface area contributed by atoms with Crippen molar-refractivity contribution >= 4 is 17.2 Å². The molecule has 2 aromatic rings. The fourth-order valence-electron chi connectivity index (χ4n) is 1.82. The molecule has 0 radical (unpaired) electrons. The van der Waals surface area contributed by atoms with Gasteiger partial charge in [0.1, 0.15) is 5.75 Å². The number of carbonyl (C=O) groups is 1. The lowest BCUT2D eigenvalue weighted by atomic mass is 10.2. The van der Waals surface area contributed by atoms with Crippen LogP contribution in [0.1, 0.15) is 10.4 Å². The van der Waals surface area contributed by atoms with Gasteiger partial charge in [0.25, 0.3) is 0 Å². The number of hydrogen-bond acceptors (Lipinski definition) is 3. The third-order valence-corrected chi connectivity index (χ3v) is 2.59. The van der Waals surface area contributed by atoms with Crippen LogP contribution < -0.4 is 4.74 Å². The van der Waals surface area contributed by atoms with Crippen LogP contribution in [0.5, 0.6) is 5.75 Å². The van der Waals surface area contributed by atoms with Crippen molar-refractivity contribution in [3.8, 4) is 5.75 Å². The molecule has 16 heavy (non-hydrogen) atoms. The number of benzene rings is 1. The van der Waals surface area contributed by atoms with Gasteiger partial charge in [-0.15, -0.1) is 0 Å². The lowest BCUT2D eigenvalue weighted by molar-refractivity contribution is 0.112. The summed E-state index contributed by atoms with van der Waals surface area (Å²) < 4.78 is 6.98. The van der Waals surface area contributed by atoms with E-state index in [1.54, 1.807) is 13.3 Å². The van der Waals surface area contributed by atoms with Gasteiger partial charge in [0.15, 0.2) is 6.29 Å². The molecule has 0 atom stereocenters. The molecule has 84 valence electrons. The number of aliphatic hydroxyl groups is 1. The van der Waals surface area contributed by atoms with Gasteiger partial charge in [0, 0.05) is 29.2 Å². The zero-order chi connectivity index (χ0) is 11.5. The first-order valence-electron chi connectivity index (χ1n) is 5.03. The van der Waals surface area contributed by atoms with Gasteiger partial charge in [-0.2, -0.15) is 0 Å². The second kappa shape index (κ2) is 4.37. The average Bonchev–Trinajstić information content (AvgIpc) is 2.67. The Morgan fingerprint density at radius 3 is 2.94 bits per heavy atom. The summed E-state index contributed by atoms with van der Waals surface area (Å²) in [5, 5.41) is 9.78. The highest BCUT2D eigenvalue weighted by Gasteiger charge is 2.08. The number of fused-ring (bicyclic) bond motifs is 1. The van der Waals surface area contributed by atoms with Gasteiger partial charge in [-0.1, -0.05) is 0 Å². The zero-order valence-electron chi connectivity index (χ0n) is 9.01. The molecule has 1 heterocycles. The number of aldehydes is 1. The summed E-state index contributed by atoms with van der Waals surface area (Å²) in [6, 6.07) is 5.55. The molecule has 1 N–H and O–H groups in total. The minimum absolute atomic E-state index is 0.0497. The number of ether oxygens (including phenoxy) is 1. The molecule has 0 saturated heterocycles. The lowest BCUT2D eigenvalue weighted by Crippen LogP contribution is -1.99. The van der Waals surface area contributed by atoms with Crippen LogP contribution in [0.4, 0.5) is 0 Å². The minimum Gasteiger partial charge on any atom is -0.497 e. The molecule has 4 nitrogen and oxygen atoms in total. The molecule has 0 spiro atoms. The van der Waals surface area contributed by atoms with Gasteiger partial charge in [0.05, 0.1) is 13.7 Å². The molecule has 0 saturated carbocycles. The van der Waals surface area contributed by atoms with E-state index in [-0.39, 0.29) is 6.61 Å². The number of hydrogen-bond donors (Lipinski definition) is 1. The molecule has 0 aliphatic heterocycles. The van der Waals surface area contributed by atoms with Crippen LogP contribution >= 0.6 is 0 Å². The molecule has 4 heteroatoms. The van der Waals surface area contributed by atoms with Crippen molar-refractivity contribution in [3.63, 3.8) is 0 Å². The topological polar surface area (TPSA) is 51.5 Å². The van der Waals surface area contributed by atoms with Crippen molar-refractivity contribution in [1.29, 1.82) is 0 Å². The van der Waals surface area contributed by atoms with E-state index in [9.17, 15) is 4.79 Å². The van der Waals surface area contributed by atoms with Crippen molar-refractivity contribution in [2.75, 3.05) is 13.7 Å². The quantitative estimate of drug-likeness (QED) is 0.792. The molecular formula is C12H13NO3. The first-order valence-corrected chi connectivity index (χ1v) is 5.03. The summed E-state index contributed by atoms with van der Waals surface area (Å²) in [5.41, 5.74) is 1.54. The Kier molecular flexibility index (Phi) is 2.92. The van der Waals surface area contributed by atoms with E-state index in [4.69, 9.17) is 9.84 Å². The van der Waals surface area contributed by atoms with E-state index in [0.29, 0.717) is 12.1 Å². The molecule has 1 aromatic heterocycles. The Labute approximate surface area is 93.1 Å². The molecule has 0 unspecified atom stereocenters. The number of methoxy groups -OCH3 is 1.